The minimum Gasteiger partial charge on any atom is -0.467 e. The molecular weight excluding hydrogens is 292 g/mol. The van der Waals surface area contributed by atoms with Gasteiger partial charge in [-0.15, -0.1) is 0 Å². The van der Waals surface area contributed by atoms with Gasteiger partial charge in [0, 0.05) is 0 Å². The van der Waals surface area contributed by atoms with E-state index < -0.39 is 30.6 Å². The largest absolute Gasteiger partial charge is 0.467 e. The quantitative estimate of drug-likeness (QED) is 0.589. The van der Waals surface area contributed by atoms with E-state index in [2.05, 4.69) is 15.4 Å². The van der Waals surface area contributed by atoms with Crippen molar-refractivity contribution in [3.05, 3.63) is 35.9 Å². The first-order valence-electron chi connectivity index (χ1n) is 6.49. The first kappa shape index (κ1) is 17.4. The number of esters is 1. The zero-order valence-corrected chi connectivity index (χ0v) is 12.1. The summed E-state index contributed by atoms with van der Waals surface area (Å²) in [6.45, 7) is -0.909. The first-order valence-corrected chi connectivity index (χ1v) is 6.49. The molecule has 8 nitrogen and oxygen atoms in total. The highest BCUT2D eigenvalue weighted by Crippen LogP contribution is 2.00. The molecule has 1 aromatic carbocycles. The summed E-state index contributed by atoms with van der Waals surface area (Å²) < 4.78 is 9.30. The molecule has 0 saturated carbocycles. The summed E-state index contributed by atoms with van der Waals surface area (Å²) in [6, 6.07) is 7.88. The summed E-state index contributed by atoms with van der Waals surface area (Å²) >= 11 is 0. The van der Waals surface area contributed by atoms with Crippen LogP contribution < -0.4 is 10.6 Å². The molecule has 0 radical (unpaired) electrons. The number of methoxy groups -OCH3 is 1. The van der Waals surface area contributed by atoms with Crippen LogP contribution in [-0.4, -0.2) is 49.4 Å². The molecule has 0 spiro atoms. The number of rotatable bonds is 7. The summed E-state index contributed by atoms with van der Waals surface area (Å²) in [5, 5.41) is 13.4. The molecule has 2 amide bonds. The van der Waals surface area contributed by atoms with Gasteiger partial charge in [0.15, 0.2) is 6.04 Å². The second-order valence-corrected chi connectivity index (χ2v) is 4.24. The van der Waals surface area contributed by atoms with E-state index in [1.807, 2.05) is 18.2 Å². The van der Waals surface area contributed by atoms with Gasteiger partial charge in [-0.05, 0) is 5.56 Å². The summed E-state index contributed by atoms with van der Waals surface area (Å²) in [6.07, 6.45) is -0.766. The first-order chi connectivity index (χ1) is 10.6. The highest BCUT2D eigenvalue weighted by atomic mass is 16.5. The molecule has 0 heterocycles. The molecule has 0 aromatic heterocycles. The van der Waals surface area contributed by atoms with Gasteiger partial charge in [0.2, 0.25) is 5.91 Å². The molecule has 0 fully saturated rings. The number of hydrogen-bond donors (Lipinski definition) is 3. The van der Waals surface area contributed by atoms with E-state index in [9.17, 15) is 14.4 Å². The number of aliphatic hydroxyl groups excluding tert-OH is 1. The lowest BCUT2D eigenvalue weighted by atomic mass is 10.2. The second kappa shape index (κ2) is 9.35. The van der Waals surface area contributed by atoms with Crippen molar-refractivity contribution >= 4 is 18.0 Å². The molecular formula is C14H18N2O6. The van der Waals surface area contributed by atoms with E-state index >= 15 is 0 Å². The maximum Gasteiger partial charge on any atom is 0.407 e. The van der Waals surface area contributed by atoms with Gasteiger partial charge in [-0.1, -0.05) is 30.3 Å². The molecule has 1 rings (SSSR count). The van der Waals surface area contributed by atoms with Crippen molar-refractivity contribution in [2.24, 2.45) is 0 Å². The van der Waals surface area contributed by atoms with Gasteiger partial charge in [0.1, 0.15) is 13.2 Å². The SMILES string of the molecule is COC(=O)[C@@H](CO)NC(=O)CNC(=O)OCc1ccccc1. The Hall–Kier alpha value is -2.61. The highest BCUT2D eigenvalue weighted by Gasteiger charge is 2.20. The highest BCUT2D eigenvalue weighted by molar-refractivity contribution is 5.87. The maximum absolute atomic E-state index is 11.5. The van der Waals surface area contributed by atoms with Crippen LogP contribution in [0.25, 0.3) is 0 Å². The normalized spacial score (nSPS) is 11.2. The van der Waals surface area contributed by atoms with Crippen molar-refractivity contribution < 1.29 is 29.0 Å². The standard InChI is InChI=1S/C14H18N2O6/c1-21-13(19)11(8-17)16-12(18)7-15-14(20)22-9-10-5-3-2-4-6-10/h2-6,11,17H,7-9H2,1H3,(H,15,20)(H,16,18)/t11-/m1/s1. The fraction of sp³-hybridized carbons (Fsp3) is 0.357. The van der Waals surface area contributed by atoms with Crippen molar-refractivity contribution in [1.82, 2.24) is 10.6 Å². The molecule has 22 heavy (non-hydrogen) atoms. The molecule has 0 bridgehead atoms. The predicted molar refractivity (Wildman–Crippen MR) is 75.7 cm³/mol. The zero-order chi connectivity index (χ0) is 16.4. The molecule has 0 unspecified atom stereocenters. The number of amides is 2. The lowest BCUT2D eigenvalue weighted by molar-refractivity contribution is -0.146. The Balaban J connectivity index is 2.28. The third kappa shape index (κ3) is 6.23. The van der Waals surface area contributed by atoms with Gasteiger partial charge in [-0.3, -0.25) is 4.79 Å². The van der Waals surface area contributed by atoms with E-state index in [-0.39, 0.29) is 13.2 Å². The van der Waals surface area contributed by atoms with E-state index in [0.717, 1.165) is 12.7 Å². The Bertz CT molecular complexity index is 505. The fourth-order valence-corrected chi connectivity index (χ4v) is 1.49. The van der Waals surface area contributed by atoms with Crippen molar-refractivity contribution in [3.8, 4) is 0 Å². The molecule has 1 atom stereocenters. The van der Waals surface area contributed by atoms with E-state index in [0.29, 0.717) is 0 Å². The Morgan fingerprint density at radius 1 is 1.23 bits per heavy atom. The lowest BCUT2D eigenvalue weighted by Crippen LogP contribution is -2.47. The van der Waals surface area contributed by atoms with Gasteiger partial charge >= 0.3 is 12.1 Å². The van der Waals surface area contributed by atoms with Crippen LogP contribution in [-0.2, 0) is 25.7 Å². The van der Waals surface area contributed by atoms with Crippen LogP contribution in [0.15, 0.2) is 30.3 Å². The minimum atomic E-state index is -1.17. The molecule has 0 saturated heterocycles. The summed E-state index contributed by atoms with van der Waals surface area (Å²) in [4.78, 5) is 34.1. The van der Waals surface area contributed by atoms with Crippen molar-refractivity contribution in [3.63, 3.8) is 0 Å². The zero-order valence-electron chi connectivity index (χ0n) is 12.1. The Morgan fingerprint density at radius 2 is 1.91 bits per heavy atom. The number of benzene rings is 1. The van der Waals surface area contributed by atoms with Crippen molar-refractivity contribution in [2.45, 2.75) is 12.6 Å². The van der Waals surface area contributed by atoms with Gasteiger partial charge in [0.05, 0.1) is 13.7 Å². The van der Waals surface area contributed by atoms with Crippen LogP contribution in [0.4, 0.5) is 4.79 Å². The summed E-state index contributed by atoms with van der Waals surface area (Å²) in [5.74, 6) is -1.43. The average Bonchev–Trinajstić information content (AvgIpc) is 2.56. The van der Waals surface area contributed by atoms with Crippen LogP contribution in [0.5, 0.6) is 0 Å². The molecule has 0 aliphatic rings. The van der Waals surface area contributed by atoms with Crippen molar-refractivity contribution in [2.75, 3.05) is 20.3 Å². The number of nitrogens with one attached hydrogen (secondary N) is 2. The molecule has 1 aromatic rings. The van der Waals surface area contributed by atoms with Crippen LogP contribution in [0.3, 0.4) is 0 Å². The maximum atomic E-state index is 11.5. The molecule has 3 N–H and O–H groups in total. The topological polar surface area (TPSA) is 114 Å². The number of carbonyl (C=O) groups is 3. The average molecular weight is 310 g/mol. The number of aliphatic hydroxyl groups is 1. The van der Waals surface area contributed by atoms with E-state index in [1.54, 1.807) is 12.1 Å². The Kier molecular flexibility index (Phi) is 7.41. The van der Waals surface area contributed by atoms with Gasteiger partial charge < -0.3 is 25.2 Å². The third-order valence-electron chi connectivity index (χ3n) is 2.61. The second-order valence-electron chi connectivity index (χ2n) is 4.24. The third-order valence-corrected chi connectivity index (χ3v) is 2.61. The van der Waals surface area contributed by atoms with E-state index in [4.69, 9.17) is 9.84 Å². The summed E-state index contributed by atoms with van der Waals surface area (Å²) in [7, 11) is 1.14. The van der Waals surface area contributed by atoms with Crippen molar-refractivity contribution in [1.29, 1.82) is 0 Å². The Morgan fingerprint density at radius 3 is 2.50 bits per heavy atom. The molecule has 120 valence electrons. The van der Waals surface area contributed by atoms with Crippen LogP contribution in [0.1, 0.15) is 5.56 Å². The number of ether oxygens (including phenoxy) is 2. The van der Waals surface area contributed by atoms with Crippen LogP contribution in [0.2, 0.25) is 0 Å². The minimum absolute atomic E-state index is 0.0791. The number of carbonyl (C=O) groups excluding carboxylic acids is 3. The monoisotopic (exact) mass is 310 g/mol. The van der Waals surface area contributed by atoms with Crippen LogP contribution in [0, 0.1) is 0 Å². The summed E-state index contributed by atoms with van der Waals surface area (Å²) in [5.41, 5.74) is 0.813. The fourth-order valence-electron chi connectivity index (χ4n) is 1.49. The van der Waals surface area contributed by atoms with Gasteiger partial charge in [-0.25, -0.2) is 9.59 Å². The number of alkyl carbamates (subject to hydrolysis) is 1. The molecule has 0 aliphatic heterocycles. The predicted octanol–water partition coefficient (Wildman–Crippen LogP) is -0.437. The van der Waals surface area contributed by atoms with Gasteiger partial charge in [-0.2, -0.15) is 0 Å². The molecule has 0 aliphatic carbocycles. The molecule has 8 heteroatoms. The number of hydrogen-bond acceptors (Lipinski definition) is 6. The lowest BCUT2D eigenvalue weighted by Gasteiger charge is -2.14. The Labute approximate surface area is 127 Å². The van der Waals surface area contributed by atoms with E-state index in [1.165, 1.54) is 0 Å². The smallest absolute Gasteiger partial charge is 0.407 e. The van der Waals surface area contributed by atoms with Gasteiger partial charge in [0.25, 0.3) is 0 Å². The van der Waals surface area contributed by atoms with Crippen LogP contribution >= 0.6 is 0 Å².